The second kappa shape index (κ2) is 7.96. The van der Waals surface area contributed by atoms with Crippen molar-refractivity contribution in [3.63, 3.8) is 0 Å². The summed E-state index contributed by atoms with van der Waals surface area (Å²) in [6.07, 6.45) is 2.89. The number of carbonyl (C=O) groups excluding carboxylic acids is 1. The van der Waals surface area contributed by atoms with Crippen LogP contribution in [0.4, 0.5) is 0 Å². The second-order valence-electron chi connectivity index (χ2n) is 3.88. The van der Waals surface area contributed by atoms with E-state index >= 15 is 0 Å². The van der Waals surface area contributed by atoms with Crippen molar-refractivity contribution in [3.05, 3.63) is 0 Å². The van der Waals surface area contributed by atoms with Crippen LogP contribution in [-0.2, 0) is 4.79 Å². The molecule has 1 atom stereocenters. The van der Waals surface area contributed by atoms with Crippen LogP contribution in [0, 0.1) is 0 Å². The zero-order valence-corrected chi connectivity index (χ0v) is 10.6. The van der Waals surface area contributed by atoms with Gasteiger partial charge >= 0.3 is 0 Å². The Bertz CT molecular complexity index is 186. The third kappa shape index (κ3) is 8.72. The minimum atomic E-state index is -0.746. The Morgan fingerprint density at radius 2 is 2.20 bits per heavy atom. The molecule has 0 aliphatic carbocycles. The lowest BCUT2D eigenvalue weighted by atomic mass is 10.1. The number of hydrogen-bond donors (Lipinski definition) is 3. The Morgan fingerprint density at radius 1 is 1.53 bits per heavy atom. The van der Waals surface area contributed by atoms with Crippen LogP contribution in [0.2, 0.25) is 0 Å². The van der Waals surface area contributed by atoms with Crippen molar-refractivity contribution in [3.8, 4) is 0 Å². The van der Waals surface area contributed by atoms with Gasteiger partial charge in [0.25, 0.3) is 0 Å². The predicted molar refractivity (Wildman–Crippen MR) is 65.2 cm³/mol. The maximum Gasteiger partial charge on any atom is 0.233 e. The largest absolute Gasteiger partial charge is 0.388 e. The fourth-order valence-corrected chi connectivity index (χ4v) is 1.86. The highest BCUT2D eigenvalue weighted by atomic mass is 32.2. The number of hydrogen-bond acceptors (Lipinski definition) is 4. The van der Waals surface area contributed by atoms with E-state index in [1.807, 2.05) is 13.2 Å². The van der Waals surface area contributed by atoms with Crippen molar-refractivity contribution in [2.24, 2.45) is 0 Å². The number of thioether (sulfide) groups is 1. The molecule has 0 saturated carbocycles. The number of rotatable bonds is 8. The molecule has 90 valence electrons. The summed E-state index contributed by atoms with van der Waals surface area (Å²) in [7, 11) is 0. The molecule has 1 unspecified atom stereocenters. The van der Waals surface area contributed by atoms with Crippen molar-refractivity contribution in [2.45, 2.75) is 25.9 Å². The molecule has 0 radical (unpaired) electrons. The average Bonchev–Trinajstić information content (AvgIpc) is 2.14. The monoisotopic (exact) mass is 234 g/mol. The number of nitrogens with one attached hydrogen (secondary N) is 2. The van der Waals surface area contributed by atoms with Crippen LogP contribution in [0.25, 0.3) is 0 Å². The van der Waals surface area contributed by atoms with Crippen LogP contribution in [0.15, 0.2) is 0 Å². The Labute approximate surface area is 96.2 Å². The molecule has 0 bridgehead atoms. The number of aliphatic hydroxyl groups is 1. The third-order valence-electron chi connectivity index (χ3n) is 1.82. The van der Waals surface area contributed by atoms with E-state index in [0.717, 1.165) is 6.42 Å². The van der Waals surface area contributed by atoms with Gasteiger partial charge in [-0.3, -0.25) is 4.79 Å². The molecule has 4 nitrogen and oxygen atoms in total. The maximum absolute atomic E-state index is 11.2. The highest BCUT2D eigenvalue weighted by Crippen LogP contribution is 2.08. The molecule has 0 heterocycles. The van der Waals surface area contributed by atoms with Crippen molar-refractivity contribution < 1.29 is 9.90 Å². The molecule has 3 N–H and O–H groups in total. The third-order valence-corrected chi connectivity index (χ3v) is 2.73. The van der Waals surface area contributed by atoms with Crippen LogP contribution < -0.4 is 10.6 Å². The fourth-order valence-electron chi connectivity index (χ4n) is 1.13. The molecule has 0 rings (SSSR count). The van der Waals surface area contributed by atoms with Crippen molar-refractivity contribution in [2.75, 3.05) is 31.6 Å². The van der Waals surface area contributed by atoms with E-state index in [2.05, 4.69) is 10.6 Å². The Kier molecular flexibility index (Phi) is 7.82. The quantitative estimate of drug-likeness (QED) is 0.562. The predicted octanol–water partition coefficient (Wildman–Crippen LogP) is 0.216. The van der Waals surface area contributed by atoms with Crippen molar-refractivity contribution in [1.82, 2.24) is 10.6 Å². The topological polar surface area (TPSA) is 61.4 Å². The summed E-state index contributed by atoms with van der Waals surface area (Å²) in [6, 6.07) is 0. The lowest BCUT2D eigenvalue weighted by Gasteiger charge is -2.22. The minimum absolute atomic E-state index is 0.0169. The van der Waals surface area contributed by atoms with Crippen molar-refractivity contribution in [1.29, 1.82) is 0 Å². The molecular formula is C10H22N2O2S. The van der Waals surface area contributed by atoms with Crippen LogP contribution in [0.3, 0.4) is 0 Å². The summed E-state index contributed by atoms with van der Waals surface area (Å²) in [5.41, 5.74) is -0.746. The van der Waals surface area contributed by atoms with Gasteiger partial charge in [-0.1, -0.05) is 6.92 Å². The molecule has 0 aromatic carbocycles. The lowest BCUT2D eigenvalue weighted by Crippen LogP contribution is -2.44. The molecule has 0 aromatic rings. The first-order chi connectivity index (χ1) is 7.02. The highest BCUT2D eigenvalue weighted by Gasteiger charge is 2.18. The standard InChI is InChI=1S/C10H22N2O2S/c1-4-5-12-9(13)6-11-7-10(2,14)8-15-3/h11,14H,4-8H2,1-3H3,(H,12,13). The van der Waals surface area contributed by atoms with E-state index in [-0.39, 0.29) is 12.5 Å². The summed E-state index contributed by atoms with van der Waals surface area (Å²) in [5.74, 6) is 0.646. The lowest BCUT2D eigenvalue weighted by molar-refractivity contribution is -0.120. The van der Waals surface area contributed by atoms with E-state index in [1.54, 1.807) is 18.7 Å². The summed E-state index contributed by atoms with van der Waals surface area (Å²) < 4.78 is 0. The smallest absolute Gasteiger partial charge is 0.233 e. The van der Waals surface area contributed by atoms with Crippen molar-refractivity contribution >= 4 is 17.7 Å². The Morgan fingerprint density at radius 3 is 2.73 bits per heavy atom. The molecule has 0 aromatic heterocycles. The minimum Gasteiger partial charge on any atom is -0.388 e. The molecule has 0 spiro atoms. The van der Waals surface area contributed by atoms with Gasteiger partial charge in [0.15, 0.2) is 0 Å². The van der Waals surface area contributed by atoms with Crippen LogP contribution in [0.1, 0.15) is 20.3 Å². The van der Waals surface area contributed by atoms with Gasteiger partial charge in [-0.2, -0.15) is 11.8 Å². The average molecular weight is 234 g/mol. The highest BCUT2D eigenvalue weighted by molar-refractivity contribution is 7.98. The molecule has 0 aliphatic rings. The van der Waals surface area contributed by atoms with Gasteiger partial charge in [-0.05, 0) is 19.6 Å². The van der Waals surface area contributed by atoms with Gasteiger partial charge in [-0.15, -0.1) is 0 Å². The Hall–Kier alpha value is -0.260. The summed E-state index contributed by atoms with van der Waals surface area (Å²) in [6.45, 7) is 5.19. The fraction of sp³-hybridized carbons (Fsp3) is 0.900. The number of amides is 1. The van der Waals surface area contributed by atoms with Crippen LogP contribution in [0.5, 0.6) is 0 Å². The molecule has 0 saturated heterocycles. The molecule has 1 amide bonds. The molecule has 5 heteroatoms. The molecule has 0 aliphatic heterocycles. The Balaban J connectivity index is 3.55. The summed E-state index contributed by atoms with van der Waals surface area (Å²) >= 11 is 1.59. The summed E-state index contributed by atoms with van der Waals surface area (Å²) in [4.78, 5) is 11.2. The number of carbonyl (C=O) groups is 1. The van der Waals surface area contributed by atoms with E-state index in [0.29, 0.717) is 18.8 Å². The van der Waals surface area contributed by atoms with E-state index in [9.17, 15) is 9.90 Å². The van der Waals surface area contributed by atoms with Gasteiger partial charge in [0.05, 0.1) is 12.1 Å². The molecule has 15 heavy (non-hydrogen) atoms. The van der Waals surface area contributed by atoms with Gasteiger partial charge in [0, 0.05) is 18.8 Å². The first-order valence-electron chi connectivity index (χ1n) is 5.20. The second-order valence-corrected chi connectivity index (χ2v) is 4.75. The zero-order chi connectivity index (χ0) is 11.7. The van der Waals surface area contributed by atoms with Gasteiger partial charge in [0.1, 0.15) is 0 Å². The van der Waals surface area contributed by atoms with Gasteiger partial charge in [-0.25, -0.2) is 0 Å². The first-order valence-corrected chi connectivity index (χ1v) is 6.60. The van der Waals surface area contributed by atoms with E-state index < -0.39 is 5.60 Å². The van der Waals surface area contributed by atoms with Crippen LogP contribution in [-0.4, -0.2) is 48.3 Å². The summed E-state index contributed by atoms with van der Waals surface area (Å²) in [5, 5.41) is 15.5. The zero-order valence-electron chi connectivity index (χ0n) is 9.80. The van der Waals surface area contributed by atoms with E-state index in [1.165, 1.54) is 0 Å². The maximum atomic E-state index is 11.2. The normalized spacial score (nSPS) is 14.7. The molecule has 0 fully saturated rings. The van der Waals surface area contributed by atoms with Gasteiger partial charge < -0.3 is 15.7 Å². The van der Waals surface area contributed by atoms with E-state index in [4.69, 9.17) is 0 Å². The van der Waals surface area contributed by atoms with Gasteiger partial charge in [0.2, 0.25) is 5.91 Å². The molecular weight excluding hydrogens is 212 g/mol. The SMILES string of the molecule is CCCNC(=O)CNCC(C)(O)CSC. The first kappa shape index (κ1) is 14.7. The van der Waals surface area contributed by atoms with Crippen LogP contribution >= 0.6 is 11.8 Å².